The van der Waals surface area contributed by atoms with Crippen molar-refractivity contribution < 1.29 is 8.83 Å². The van der Waals surface area contributed by atoms with E-state index in [1.165, 1.54) is 32.3 Å². The fourth-order valence-corrected chi connectivity index (χ4v) is 10.1. The van der Waals surface area contributed by atoms with E-state index in [2.05, 4.69) is 176 Å². The number of furan rings is 2. The van der Waals surface area contributed by atoms with Crippen molar-refractivity contribution in [2.45, 2.75) is 12.5 Å². The number of hydrogen-bond donors (Lipinski definition) is 0. The number of fused-ring (bicyclic) bond motifs is 12. The Morgan fingerprint density at radius 2 is 0.955 bits per heavy atom. The summed E-state index contributed by atoms with van der Waals surface area (Å²) in [6, 6.07) is 70.1. The number of allylic oxidation sites excluding steroid dienone is 2. The Hall–Kier alpha value is -8.53. The number of rotatable bonds is 10. The van der Waals surface area contributed by atoms with E-state index in [1.54, 1.807) is 0 Å². The highest BCUT2D eigenvalue weighted by molar-refractivity contribution is 6.25. The molecule has 12 rings (SSSR count). The molecule has 0 N–H and O–H groups in total. The summed E-state index contributed by atoms with van der Waals surface area (Å²) in [5, 5.41) is 11.7. The van der Waals surface area contributed by atoms with Crippen molar-refractivity contribution >= 4 is 87.5 Å². The second-order valence-electron chi connectivity index (χ2n) is 17.2. The lowest BCUT2D eigenvalue weighted by Gasteiger charge is -2.21. The predicted molar refractivity (Wildman–Crippen MR) is 280 cm³/mol. The van der Waals surface area contributed by atoms with Crippen molar-refractivity contribution in [3.63, 3.8) is 0 Å². The van der Waals surface area contributed by atoms with E-state index in [1.807, 2.05) is 36.4 Å². The van der Waals surface area contributed by atoms with Crippen molar-refractivity contribution in [1.82, 2.24) is 0 Å². The minimum Gasteiger partial charge on any atom is -0.456 e. The topological polar surface area (TPSA) is 38.6 Å². The van der Waals surface area contributed by atoms with Crippen molar-refractivity contribution in [3.8, 4) is 22.3 Å². The predicted octanol–water partition coefficient (Wildman–Crippen LogP) is 17.7. The van der Waals surface area contributed by atoms with Crippen molar-refractivity contribution in [1.29, 1.82) is 0 Å². The Bertz CT molecular complexity index is 3940. The Morgan fingerprint density at radius 3 is 1.64 bits per heavy atom. The average Bonchev–Trinajstić information content (AvgIpc) is 3.95. The normalized spacial score (nSPS) is 12.5. The molecular weight excluding hydrogens is 803 g/mol. The Morgan fingerprint density at radius 1 is 0.439 bits per heavy atom. The van der Waals surface area contributed by atoms with Gasteiger partial charge in [-0.15, -0.1) is 0 Å². The largest absolute Gasteiger partial charge is 0.456 e. The third kappa shape index (κ3) is 6.55. The fraction of sp³-hybridized carbons (Fsp3) is 0.0317. The summed E-state index contributed by atoms with van der Waals surface area (Å²) in [4.78, 5) is 5.46. The van der Waals surface area contributed by atoms with Crippen LogP contribution in [0.15, 0.2) is 245 Å². The molecule has 312 valence electrons. The van der Waals surface area contributed by atoms with Crippen LogP contribution >= 0.6 is 0 Å². The monoisotopic (exact) mass is 845 g/mol. The highest BCUT2D eigenvalue weighted by atomic mass is 16.3. The molecular formula is C63H43NO2. The van der Waals surface area contributed by atoms with Crippen molar-refractivity contribution in [2.75, 3.05) is 0 Å². The van der Waals surface area contributed by atoms with Gasteiger partial charge in [0.15, 0.2) is 0 Å². The molecule has 0 spiro atoms. The maximum atomic E-state index is 6.58. The van der Waals surface area contributed by atoms with Crippen LogP contribution in [0.4, 0.5) is 0 Å². The van der Waals surface area contributed by atoms with E-state index in [0.29, 0.717) is 6.42 Å². The summed E-state index contributed by atoms with van der Waals surface area (Å²) < 4.78 is 12.9. The molecule has 3 nitrogen and oxygen atoms in total. The summed E-state index contributed by atoms with van der Waals surface area (Å²) in [6.45, 7) is 13.7. The Balaban J connectivity index is 0.930. The molecule has 0 saturated carbocycles. The lowest BCUT2D eigenvalue weighted by atomic mass is 9.88. The van der Waals surface area contributed by atoms with E-state index < -0.39 is 0 Å². The Labute approximate surface area is 382 Å². The van der Waals surface area contributed by atoms with E-state index in [-0.39, 0.29) is 6.04 Å². The van der Waals surface area contributed by atoms with Gasteiger partial charge in [0.2, 0.25) is 0 Å². The molecule has 0 aliphatic heterocycles. The molecule has 10 aromatic carbocycles. The van der Waals surface area contributed by atoms with E-state index in [4.69, 9.17) is 27.0 Å². The van der Waals surface area contributed by atoms with Gasteiger partial charge in [0.1, 0.15) is 22.3 Å². The zero-order valence-corrected chi connectivity index (χ0v) is 36.3. The van der Waals surface area contributed by atoms with Crippen LogP contribution in [-0.2, 0) is 0 Å². The van der Waals surface area contributed by atoms with Crippen LogP contribution in [0.25, 0.3) is 104 Å². The van der Waals surface area contributed by atoms with Gasteiger partial charge >= 0.3 is 0 Å². The van der Waals surface area contributed by atoms with Gasteiger partial charge in [-0.1, -0.05) is 177 Å². The second kappa shape index (κ2) is 15.9. The number of benzene rings is 10. The third-order valence-corrected chi connectivity index (χ3v) is 13.2. The van der Waals surface area contributed by atoms with Gasteiger partial charge in [-0.2, -0.15) is 0 Å². The lowest BCUT2D eigenvalue weighted by molar-refractivity contribution is 0.668. The SMILES string of the molecule is C=C/C(=N\C(C(=C)CC(=C)c1cccc(-c2cccc3oc4cccc(-c5ccc6c(c5)oc5ccccc56)c4c23)c1)c1ccc2c3ccccc3c3ccccc3c2c1)c1ccccc1. The molecule has 0 aliphatic rings. The molecule has 0 saturated heterocycles. The first-order chi connectivity index (χ1) is 32.5. The van der Waals surface area contributed by atoms with Crippen molar-refractivity contribution in [2.24, 2.45) is 4.99 Å². The van der Waals surface area contributed by atoms with Gasteiger partial charge in [0.05, 0.1) is 11.8 Å². The minimum atomic E-state index is -0.365. The summed E-state index contributed by atoms with van der Waals surface area (Å²) >= 11 is 0. The van der Waals surface area contributed by atoms with Gasteiger partial charge in [0.25, 0.3) is 0 Å². The molecule has 66 heavy (non-hydrogen) atoms. The number of nitrogens with zero attached hydrogens (tertiary/aromatic N) is 1. The standard InChI is InChI=1S/C63H43NO2/c1-4-56(41-17-6-5-7-18-41)64-63(45-32-33-52-50-23-9-8-21-48(50)49-22-10-11-24-51(49)55(52)37-45)40(3)35-39(2)42-19-14-20-43(36-42)46-26-15-29-58-61(46)62-47(27-16-30-59(62)66-58)44-31-34-54-53-25-12-13-28-57(53)65-60(54)38-44/h4-34,36-38,63H,1-3,35H2/b64-56+. The quantitative estimate of drug-likeness (QED) is 0.0781. The Kier molecular flexibility index (Phi) is 9.43. The van der Waals surface area contributed by atoms with E-state index in [0.717, 1.165) is 99.7 Å². The smallest absolute Gasteiger partial charge is 0.136 e. The number of aliphatic imine (C=N–C) groups is 1. The van der Waals surface area contributed by atoms with Gasteiger partial charge in [-0.05, 0) is 137 Å². The van der Waals surface area contributed by atoms with Crippen LogP contribution in [0.2, 0.25) is 0 Å². The summed E-state index contributed by atoms with van der Waals surface area (Å²) in [6.07, 6.45) is 2.39. The highest BCUT2D eigenvalue weighted by Crippen LogP contribution is 2.44. The summed E-state index contributed by atoms with van der Waals surface area (Å²) in [5.41, 5.74) is 13.6. The highest BCUT2D eigenvalue weighted by Gasteiger charge is 2.21. The zero-order chi connectivity index (χ0) is 44.3. The molecule has 2 heterocycles. The number of para-hydroxylation sites is 1. The van der Waals surface area contributed by atoms with Gasteiger partial charge in [0, 0.05) is 21.5 Å². The van der Waals surface area contributed by atoms with Crippen LogP contribution in [0.5, 0.6) is 0 Å². The maximum absolute atomic E-state index is 6.58. The van der Waals surface area contributed by atoms with Crippen LogP contribution in [0.3, 0.4) is 0 Å². The van der Waals surface area contributed by atoms with Crippen LogP contribution in [0, 0.1) is 0 Å². The molecule has 2 aromatic heterocycles. The zero-order valence-electron chi connectivity index (χ0n) is 36.3. The fourth-order valence-electron chi connectivity index (χ4n) is 10.1. The van der Waals surface area contributed by atoms with Gasteiger partial charge in [-0.25, -0.2) is 0 Å². The van der Waals surface area contributed by atoms with Gasteiger partial charge in [-0.3, -0.25) is 4.99 Å². The van der Waals surface area contributed by atoms with Crippen LogP contribution in [-0.4, -0.2) is 5.71 Å². The molecule has 1 unspecified atom stereocenters. The molecule has 1 atom stereocenters. The first-order valence-corrected chi connectivity index (χ1v) is 22.4. The van der Waals surface area contributed by atoms with E-state index >= 15 is 0 Å². The molecule has 3 heteroatoms. The molecule has 0 fully saturated rings. The number of hydrogen-bond acceptors (Lipinski definition) is 3. The van der Waals surface area contributed by atoms with Crippen LogP contribution < -0.4 is 0 Å². The molecule has 0 aliphatic carbocycles. The first-order valence-electron chi connectivity index (χ1n) is 22.4. The average molecular weight is 846 g/mol. The molecule has 0 bridgehead atoms. The van der Waals surface area contributed by atoms with Crippen LogP contribution in [0.1, 0.15) is 29.2 Å². The van der Waals surface area contributed by atoms with E-state index in [9.17, 15) is 0 Å². The molecule has 0 radical (unpaired) electrons. The van der Waals surface area contributed by atoms with Gasteiger partial charge < -0.3 is 8.83 Å². The lowest BCUT2D eigenvalue weighted by Crippen LogP contribution is -2.06. The maximum Gasteiger partial charge on any atom is 0.136 e. The molecule has 0 amide bonds. The first kappa shape index (κ1) is 39.1. The second-order valence-corrected chi connectivity index (χ2v) is 17.2. The summed E-state index contributed by atoms with van der Waals surface area (Å²) in [7, 11) is 0. The third-order valence-electron chi connectivity index (χ3n) is 13.2. The summed E-state index contributed by atoms with van der Waals surface area (Å²) in [5.74, 6) is 0. The minimum absolute atomic E-state index is 0.365. The molecule has 12 aromatic rings. The van der Waals surface area contributed by atoms with Crippen molar-refractivity contribution in [3.05, 3.63) is 248 Å².